The Balaban J connectivity index is 2.19. The number of nitrogens with one attached hydrogen (secondary N) is 2. The molecule has 2 N–H and O–H groups in total. The summed E-state index contributed by atoms with van der Waals surface area (Å²) >= 11 is 5.85. The smallest absolute Gasteiger partial charge is 0.322 e. The lowest BCUT2D eigenvalue weighted by atomic mass is 10.3. The predicted molar refractivity (Wildman–Crippen MR) is 79.9 cm³/mol. The topological polar surface area (TPSA) is 72.0 Å². The highest BCUT2D eigenvalue weighted by Crippen LogP contribution is 2.18. The molecule has 0 radical (unpaired) electrons. The summed E-state index contributed by atoms with van der Waals surface area (Å²) in [7, 11) is 1.52. The van der Waals surface area contributed by atoms with E-state index in [4.69, 9.17) is 16.3 Å². The Bertz CT molecular complexity index is 561. The van der Waals surface area contributed by atoms with E-state index >= 15 is 0 Å². The van der Waals surface area contributed by atoms with Gasteiger partial charge in [0.1, 0.15) is 0 Å². The molecule has 0 amide bonds. The number of hydrogen-bond acceptors (Lipinski definition) is 6. The normalized spacial score (nSPS) is 10.2. The van der Waals surface area contributed by atoms with Gasteiger partial charge >= 0.3 is 6.01 Å². The Morgan fingerprint density at radius 3 is 2.45 bits per heavy atom. The summed E-state index contributed by atoms with van der Waals surface area (Å²) in [5.74, 6) is 0.896. The van der Waals surface area contributed by atoms with Crippen molar-refractivity contribution in [3.8, 4) is 6.01 Å². The summed E-state index contributed by atoms with van der Waals surface area (Å²) in [4.78, 5) is 12.6. The summed E-state index contributed by atoms with van der Waals surface area (Å²) < 4.78 is 5.07. The molecule has 2 aromatic rings. The van der Waals surface area contributed by atoms with Crippen molar-refractivity contribution in [1.29, 1.82) is 0 Å². The number of hydrogen-bond donors (Lipinski definition) is 2. The summed E-state index contributed by atoms with van der Waals surface area (Å²) in [6.07, 6.45) is 0.980. The van der Waals surface area contributed by atoms with Crippen LogP contribution in [-0.2, 0) is 0 Å². The monoisotopic (exact) mass is 293 g/mol. The van der Waals surface area contributed by atoms with Crippen LogP contribution < -0.4 is 15.4 Å². The molecule has 0 spiro atoms. The lowest BCUT2D eigenvalue weighted by molar-refractivity contribution is 0.379. The predicted octanol–water partition coefficient (Wildman–Crippen LogP) is 3.10. The van der Waals surface area contributed by atoms with Crippen LogP contribution in [0.2, 0.25) is 5.02 Å². The molecule has 7 heteroatoms. The van der Waals surface area contributed by atoms with Crippen molar-refractivity contribution in [2.75, 3.05) is 24.3 Å². The molecule has 0 atom stereocenters. The van der Waals surface area contributed by atoms with E-state index in [2.05, 4.69) is 32.5 Å². The molecule has 0 bridgehead atoms. The molecule has 0 fully saturated rings. The number of rotatable bonds is 6. The largest absolute Gasteiger partial charge is 0.467 e. The molecule has 0 saturated carbocycles. The third-order valence-electron chi connectivity index (χ3n) is 2.43. The van der Waals surface area contributed by atoms with Crippen LogP contribution in [0.3, 0.4) is 0 Å². The summed E-state index contributed by atoms with van der Waals surface area (Å²) in [5, 5.41) is 6.86. The first-order valence-electron chi connectivity index (χ1n) is 6.28. The fourth-order valence-electron chi connectivity index (χ4n) is 1.48. The molecule has 6 nitrogen and oxygen atoms in total. The van der Waals surface area contributed by atoms with Gasteiger partial charge in [0.2, 0.25) is 11.9 Å². The van der Waals surface area contributed by atoms with E-state index in [1.807, 2.05) is 12.1 Å². The zero-order valence-electron chi connectivity index (χ0n) is 11.4. The quantitative estimate of drug-likeness (QED) is 0.853. The van der Waals surface area contributed by atoms with E-state index in [9.17, 15) is 0 Å². The average Bonchev–Trinajstić information content (AvgIpc) is 2.47. The molecular formula is C13H16ClN5O. The van der Waals surface area contributed by atoms with Crippen molar-refractivity contribution in [2.24, 2.45) is 0 Å². The maximum absolute atomic E-state index is 5.85. The third kappa shape index (κ3) is 3.96. The Kier molecular flexibility index (Phi) is 4.95. The van der Waals surface area contributed by atoms with E-state index in [0.29, 0.717) is 16.9 Å². The second kappa shape index (κ2) is 6.91. The second-order valence-corrected chi connectivity index (χ2v) is 4.46. The van der Waals surface area contributed by atoms with E-state index in [0.717, 1.165) is 18.7 Å². The van der Waals surface area contributed by atoms with Crippen LogP contribution >= 0.6 is 11.6 Å². The lowest BCUT2D eigenvalue weighted by Crippen LogP contribution is -2.08. The Labute approximate surface area is 122 Å². The second-order valence-electron chi connectivity index (χ2n) is 4.03. The van der Waals surface area contributed by atoms with Gasteiger partial charge in [-0.05, 0) is 30.7 Å². The number of benzene rings is 1. The highest BCUT2D eigenvalue weighted by atomic mass is 35.5. The fourth-order valence-corrected chi connectivity index (χ4v) is 1.61. The van der Waals surface area contributed by atoms with Gasteiger partial charge in [-0.25, -0.2) is 0 Å². The van der Waals surface area contributed by atoms with E-state index in [1.54, 1.807) is 12.1 Å². The molecule has 0 aliphatic carbocycles. The minimum atomic E-state index is 0.259. The molecule has 20 heavy (non-hydrogen) atoms. The lowest BCUT2D eigenvalue weighted by Gasteiger charge is -2.09. The molecule has 1 aromatic heterocycles. The minimum Gasteiger partial charge on any atom is -0.467 e. The fraction of sp³-hybridized carbons (Fsp3) is 0.308. The van der Waals surface area contributed by atoms with E-state index in [1.165, 1.54) is 7.11 Å². The number of halogens is 1. The van der Waals surface area contributed by atoms with Crippen LogP contribution in [0.4, 0.5) is 17.6 Å². The van der Waals surface area contributed by atoms with Crippen molar-refractivity contribution in [3.05, 3.63) is 29.3 Å². The van der Waals surface area contributed by atoms with Gasteiger partial charge in [0.25, 0.3) is 0 Å². The van der Waals surface area contributed by atoms with Gasteiger partial charge in [-0.15, -0.1) is 0 Å². The highest BCUT2D eigenvalue weighted by Gasteiger charge is 2.06. The summed E-state index contributed by atoms with van der Waals surface area (Å²) in [5.41, 5.74) is 0.837. The van der Waals surface area contributed by atoms with Crippen molar-refractivity contribution in [2.45, 2.75) is 13.3 Å². The zero-order valence-corrected chi connectivity index (χ0v) is 12.1. The third-order valence-corrected chi connectivity index (χ3v) is 2.68. The van der Waals surface area contributed by atoms with Crippen molar-refractivity contribution in [1.82, 2.24) is 15.0 Å². The van der Waals surface area contributed by atoms with Crippen LogP contribution in [0.5, 0.6) is 6.01 Å². The van der Waals surface area contributed by atoms with Gasteiger partial charge in [0.15, 0.2) is 0 Å². The molecule has 1 aromatic carbocycles. The number of nitrogens with zero attached hydrogens (tertiary/aromatic N) is 3. The molecular weight excluding hydrogens is 278 g/mol. The zero-order chi connectivity index (χ0) is 14.4. The summed E-state index contributed by atoms with van der Waals surface area (Å²) in [6, 6.07) is 7.53. The summed E-state index contributed by atoms with van der Waals surface area (Å²) in [6.45, 7) is 2.85. The van der Waals surface area contributed by atoms with Gasteiger partial charge < -0.3 is 15.4 Å². The van der Waals surface area contributed by atoms with E-state index in [-0.39, 0.29) is 6.01 Å². The first-order chi connectivity index (χ1) is 9.71. The Morgan fingerprint density at radius 2 is 1.80 bits per heavy atom. The van der Waals surface area contributed by atoms with Crippen LogP contribution in [0.1, 0.15) is 13.3 Å². The number of anilines is 3. The van der Waals surface area contributed by atoms with E-state index < -0.39 is 0 Å². The Morgan fingerprint density at radius 1 is 1.10 bits per heavy atom. The van der Waals surface area contributed by atoms with Crippen LogP contribution in [0.15, 0.2) is 24.3 Å². The maximum atomic E-state index is 5.85. The first kappa shape index (κ1) is 14.3. The van der Waals surface area contributed by atoms with Gasteiger partial charge in [-0.2, -0.15) is 15.0 Å². The van der Waals surface area contributed by atoms with Crippen LogP contribution in [-0.4, -0.2) is 28.6 Å². The minimum absolute atomic E-state index is 0.259. The SMILES string of the molecule is CCCNc1nc(Nc2ccc(Cl)cc2)nc(OC)n1. The molecule has 0 saturated heterocycles. The molecule has 0 unspecified atom stereocenters. The van der Waals surface area contributed by atoms with Gasteiger partial charge in [0, 0.05) is 17.3 Å². The van der Waals surface area contributed by atoms with Crippen LogP contribution in [0.25, 0.3) is 0 Å². The number of methoxy groups -OCH3 is 1. The number of ether oxygens (including phenoxy) is 1. The molecule has 106 valence electrons. The average molecular weight is 294 g/mol. The molecule has 2 rings (SSSR count). The van der Waals surface area contributed by atoms with Gasteiger partial charge in [0.05, 0.1) is 7.11 Å². The standard InChI is InChI=1S/C13H16ClN5O/c1-3-8-15-11-17-12(19-13(18-11)20-2)16-10-6-4-9(14)5-7-10/h4-7H,3,8H2,1-2H3,(H2,15,16,17,18,19). The highest BCUT2D eigenvalue weighted by molar-refractivity contribution is 6.30. The molecule has 0 aliphatic heterocycles. The Hall–Kier alpha value is -2.08. The molecule has 1 heterocycles. The maximum Gasteiger partial charge on any atom is 0.322 e. The number of aromatic nitrogens is 3. The van der Waals surface area contributed by atoms with Crippen molar-refractivity contribution >= 4 is 29.2 Å². The van der Waals surface area contributed by atoms with Gasteiger partial charge in [-0.1, -0.05) is 18.5 Å². The molecule has 0 aliphatic rings. The van der Waals surface area contributed by atoms with Crippen LogP contribution in [0, 0.1) is 0 Å². The van der Waals surface area contributed by atoms with Crippen molar-refractivity contribution in [3.63, 3.8) is 0 Å². The van der Waals surface area contributed by atoms with Gasteiger partial charge in [-0.3, -0.25) is 0 Å². The first-order valence-corrected chi connectivity index (χ1v) is 6.65. The van der Waals surface area contributed by atoms with Crippen molar-refractivity contribution < 1.29 is 4.74 Å².